The molecule has 2 aromatic heterocycles. The van der Waals surface area contributed by atoms with Crippen molar-refractivity contribution in [3.63, 3.8) is 0 Å². The van der Waals surface area contributed by atoms with Crippen LogP contribution in [0.3, 0.4) is 0 Å². The Morgan fingerprint density at radius 3 is 2.61 bits per heavy atom. The van der Waals surface area contributed by atoms with E-state index in [2.05, 4.69) is 39.7 Å². The maximum atomic E-state index is 12.6. The number of nitrogens with one attached hydrogen (secondary N) is 1. The van der Waals surface area contributed by atoms with E-state index >= 15 is 0 Å². The van der Waals surface area contributed by atoms with Gasteiger partial charge in [-0.1, -0.05) is 36.4 Å². The molecule has 0 aliphatic heterocycles. The van der Waals surface area contributed by atoms with E-state index in [-0.39, 0.29) is 11.9 Å². The van der Waals surface area contributed by atoms with Crippen molar-refractivity contribution in [2.24, 2.45) is 5.73 Å². The molecule has 3 N–H and O–H groups in total. The van der Waals surface area contributed by atoms with Crippen LogP contribution in [0, 0.1) is 13.8 Å². The number of amides is 2. The first kappa shape index (κ1) is 20.5. The van der Waals surface area contributed by atoms with Gasteiger partial charge in [-0.2, -0.15) is 5.10 Å². The number of aryl methyl sites for hydroxylation is 2. The van der Waals surface area contributed by atoms with Gasteiger partial charge in [0.05, 0.1) is 12.2 Å². The van der Waals surface area contributed by atoms with Crippen LogP contribution in [0.2, 0.25) is 0 Å². The second-order valence-corrected chi connectivity index (χ2v) is 7.81. The molecular weight excluding hydrogens is 390 g/mol. The first-order chi connectivity index (χ1) is 14.8. The van der Waals surface area contributed by atoms with E-state index in [1.165, 1.54) is 11.6 Å². The third-order valence-electron chi connectivity index (χ3n) is 5.73. The molecular formula is C24H25N5O2. The fraction of sp³-hybridized carbons (Fsp3) is 0.250. The van der Waals surface area contributed by atoms with Gasteiger partial charge in [-0.3, -0.25) is 9.59 Å². The van der Waals surface area contributed by atoms with Crippen molar-refractivity contribution < 1.29 is 9.59 Å². The zero-order valence-electron chi connectivity index (χ0n) is 17.8. The van der Waals surface area contributed by atoms with Gasteiger partial charge in [-0.25, -0.2) is 9.50 Å². The number of carbonyl (C=O) groups excluding carboxylic acids is 2. The minimum Gasteiger partial charge on any atom is -0.365 e. The summed E-state index contributed by atoms with van der Waals surface area (Å²) in [5.41, 5.74) is 9.77. The Kier molecular flexibility index (Phi) is 5.42. The van der Waals surface area contributed by atoms with Crippen LogP contribution in [0.15, 0.2) is 48.7 Å². The minimum absolute atomic E-state index is 0.0298. The SMILES string of the molecule is Cc1nc2c(C(N)=O)cnn2c(C)c1CCC(=O)NC(C)c1ccc2ccccc2c1. The molecule has 2 heterocycles. The van der Waals surface area contributed by atoms with Crippen molar-refractivity contribution in [1.29, 1.82) is 0 Å². The summed E-state index contributed by atoms with van der Waals surface area (Å²) in [7, 11) is 0. The molecule has 0 radical (unpaired) electrons. The van der Waals surface area contributed by atoms with Crippen molar-refractivity contribution >= 4 is 28.2 Å². The third-order valence-corrected chi connectivity index (χ3v) is 5.73. The van der Waals surface area contributed by atoms with Crippen LogP contribution in [0.4, 0.5) is 0 Å². The lowest BCUT2D eigenvalue weighted by Gasteiger charge is -2.16. The molecule has 4 aromatic rings. The number of primary amides is 1. The molecule has 2 aromatic carbocycles. The summed E-state index contributed by atoms with van der Waals surface area (Å²) in [6.07, 6.45) is 2.29. The summed E-state index contributed by atoms with van der Waals surface area (Å²) in [6, 6.07) is 14.3. The Morgan fingerprint density at radius 1 is 1.13 bits per heavy atom. The molecule has 0 aliphatic rings. The standard InChI is InChI=1S/C24H25N5O2/c1-14(18-9-8-17-6-4-5-7-19(17)12-18)27-22(30)11-10-20-15(2)28-24-21(23(25)31)13-26-29(24)16(20)3/h4-9,12-14H,10-11H2,1-3H3,(H2,25,31)(H,27,30). The van der Waals surface area contributed by atoms with Gasteiger partial charge < -0.3 is 11.1 Å². The number of carbonyl (C=O) groups is 2. The maximum absolute atomic E-state index is 12.6. The Hall–Kier alpha value is -3.74. The summed E-state index contributed by atoms with van der Waals surface area (Å²) in [4.78, 5) is 28.7. The van der Waals surface area contributed by atoms with Crippen LogP contribution < -0.4 is 11.1 Å². The van der Waals surface area contributed by atoms with Gasteiger partial charge in [0.15, 0.2) is 5.65 Å². The van der Waals surface area contributed by atoms with E-state index < -0.39 is 5.91 Å². The minimum atomic E-state index is -0.559. The van der Waals surface area contributed by atoms with Gasteiger partial charge in [0.25, 0.3) is 5.91 Å². The molecule has 1 unspecified atom stereocenters. The smallest absolute Gasteiger partial charge is 0.254 e. The normalized spacial score (nSPS) is 12.2. The molecule has 1 atom stereocenters. The fourth-order valence-electron chi connectivity index (χ4n) is 3.96. The zero-order valence-corrected chi connectivity index (χ0v) is 17.8. The van der Waals surface area contributed by atoms with Crippen LogP contribution >= 0.6 is 0 Å². The van der Waals surface area contributed by atoms with Gasteiger partial charge in [-0.15, -0.1) is 0 Å². The number of rotatable bonds is 6. The predicted molar refractivity (Wildman–Crippen MR) is 120 cm³/mol. The van der Waals surface area contributed by atoms with E-state index in [9.17, 15) is 9.59 Å². The Balaban J connectivity index is 1.46. The Bertz CT molecular complexity index is 1310. The highest BCUT2D eigenvalue weighted by molar-refractivity contribution is 5.98. The van der Waals surface area contributed by atoms with Crippen LogP contribution in [-0.4, -0.2) is 26.4 Å². The largest absolute Gasteiger partial charge is 0.365 e. The van der Waals surface area contributed by atoms with Gasteiger partial charge in [0, 0.05) is 17.8 Å². The van der Waals surface area contributed by atoms with Crippen LogP contribution in [0.5, 0.6) is 0 Å². The summed E-state index contributed by atoms with van der Waals surface area (Å²) >= 11 is 0. The predicted octanol–water partition coefficient (Wildman–Crippen LogP) is 3.41. The van der Waals surface area contributed by atoms with Crippen LogP contribution in [0.25, 0.3) is 16.4 Å². The second-order valence-electron chi connectivity index (χ2n) is 7.81. The van der Waals surface area contributed by atoms with Crippen molar-refractivity contribution in [2.45, 2.75) is 39.7 Å². The quantitative estimate of drug-likeness (QED) is 0.504. The van der Waals surface area contributed by atoms with Gasteiger partial charge >= 0.3 is 0 Å². The topological polar surface area (TPSA) is 102 Å². The summed E-state index contributed by atoms with van der Waals surface area (Å²) in [5.74, 6) is -0.589. The van der Waals surface area contributed by atoms with E-state index in [4.69, 9.17) is 5.73 Å². The molecule has 0 saturated carbocycles. The first-order valence-corrected chi connectivity index (χ1v) is 10.3. The van der Waals surface area contributed by atoms with Crippen LogP contribution in [-0.2, 0) is 11.2 Å². The number of hydrogen-bond donors (Lipinski definition) is 2. The molecule has 4 rings (SSSR count). The van der Waals surface area contributed by atoms with Crippen molar-refractivity contribution in [3.8, 4) is 0 Å². The Morgan fingerprint density at radius 2 is 1.87 bits per heavy atom. The van der Waals surface area contributed by atoms with E-state index in [0.29, 0.717) is 24.1 Å². The summed E-state index contributed by atoms with van der Waals surface area (Å²) in [6.45, 7) is 5.77. The molecule has 2 amide bonds. The average Bonchev–Trinajstić information content (AvgIpc) is 3.17. The lowest BCUT2D eigenvalue weighted by molar-refractivity contribution is -0.121. The number of nitrogens with two attached hydrogens (primary N) is 1. The molecule has 0 fully saturated rings. The van der Waals surface area contributed by atoms with Gasteiger partial charge in [0.1, 0.15) is 5.56 Å². The number of hydrogen-bond acceptors (Lipinski definition) is 4. The molecule has 0 aliphatic carbocycles. The van der Waals surface area contributed by atoms with E-state index in [1.54, 1.807) is 4.52 Å². The van der Waals surface area contributed by atoms with Gasteiger partial charge in [0.2, 0.25) is 5.91 Å². The maximum Gasteiger partial charge on any atom is 0.254 e. The number of nitrogens with zero attached hydrogens (tertiary/aromatic N) is 3. The van der Waals surface area contributed by atoms with Crippen LogP contribution in [0.1, 0.15) is 52.3 Å². The summed E-state index contributed by atoms with van der Waals surface area (Å²) < 4.78 is 1.61. The molecule has 7 heteroatoms. The molecule has 158 valence electrons. The highest BCUT2D eigenvalue weighted by atomic mass is 16.2. The monoisotopic (exact) mass is 415 g/mol. The average molecular weight is 415 g/mol. The molecule has 31 heavy (non-hydrogen) atoms. The molecule has 0 saturated heterocycles. The lowest BCUT2D eigenvalue weighted by Crippen LogP contribution is -2.27. The fourth-order valence-corrected chi connectivity index (χ4v) is 3.96. The number of benzene rings is 2. The van der Waals surface area contributed by atoms with Crippen molar-refractivity contribution in [2.75, 3.05) is 0 Å². The highest BCUT2D eigenvalue weighted by Gasteiger charge is 2.17. The summed E-state index contributed by atoms with van der Waals surface area (Å²) in [5, 5.41) is 9.65. The number of aromatic nitrogens is 3. The zero-order chi connectivity index (χ0) is 22.1. The van der Waals surface area contributed by atoms with Crippen molar-refractivity contribution in [1.82, 2.24) is 19.9 Å². The Labute approximate surface area is 180 Å². The molecule has 0 spiro atoms. The first-order valence-electron chi connectivity index (χ1n) is 10.3. The van der Waals surface area contributed by atoms with Crippen molar-refractivity contribution in [3.05, 3.63) is 76.7 Å². The van der Waals surface area contributed by atoms with E-state index in [1.807, 2.05) is 39.0 Å². The van der Waals surface area contributed by atoms with E-state index in [0.717, 1.165) is 27.9 Å². The molecule has 0 bridgehead atoms. The van der Waals surface area contributed by atoms with Gasteiger partial charge in [-0.05, 0) is 55.2 Å². The lowest BCUT2D eigenvalue weighted by atomic mass is 10.0. The second kappa shape index (κ2) is 8.18. The third kappa shape index (κ3) is 3.99. The number of fused-ring (bicyclic) bond motifs is 2. The molecule has 7 nitrogen and oxygen atoms in total. The highest BCUT2D eigenvalue weighted by Crippen LogP contribution is 2.21.